The van der Waals surface area contributed by atoms with E-state index >= 15 is 0 Å². The van der Waals surface area contributed by atoms with Crippen LogP contribution in [0.1, 0.15) is 30.5 Å². The average molecular weight is 357 g/mol. The Labute approximate surface area is 132 Å². The van der Waals surface area contributed by atoms with Gasteiger partial charge in [0.25, 0.3) is 0 Å². The van der Waals surface area contributed by atoms with Crippen molar-refractivity contribution in [1.82, 2.24) is 5.32 Å². The highest BCUT2D eigenvalue weighted by atomic mass is 79.9. The molecule has 20 heavy (non-hydrogen) atoms. The summed E-state index contributed by atoms with van der Waals surface area (Å²) in [6.07, 6.45) is 0.979. The fraction of sp³-hybridized carbons (Fsp3) is 0.250. The maximum Gasteiger partial charge on any atom is 0.128 e. The van der Waals surface area contributed by atoms with Crippen LogP contribution in [0.5, 0.6) is 0 Å². The van der Waals surface area contributed by atoms with Crippen molar-refractivity contribution in [2.45, 2.75) is 19.4 Å². The summed E-state index contributed by atoms with van der Waals surface area (Å²) in [7, 11) is 0. The normalized spacial score (nSPS) is 12.4. The van der Waals surface area contributed by atoms with Gasteiger partial charge in [-0.05, 0) is 48.9 Å². The van der Waals surface area contributed by atoms with Crippen LogP contribution in [0, 0.1) is 5.82 Å². The van der Waals surface area contributed by atoms with E-state index in [0.717, 1.165) is 23.0 Å². The molecule has 2 rings (SSSR count). The highest BCUT2D eigenvalue weighted by molar-refractivity contribution is 9.10. The summed E-state index contributed by atoms with van der Waals surface area (Å²) < 4.78 is 15.0. The number of hydrogen-bond acceptors (Lipinski definition) is 1. The van der Waals surface area contributed by atoms with E-state index in [9.17, 15) is 4.39 Å². The van der Waals surface area contributed by atoms with Gasteiger partial charge in [-0.1, -0.05) is 46.6 Å². The minimum Gasteiger partial charge on any atom is -0.306 e. The van der Waals surface area contributed by atoms with E-state index in [0.29, 0.717) is 10.6 Å². The van der Waals surface area contributed by atoms with Crippen molar-refractivity contribution in [3.63, 3.8) is 0 Å². The molecule has 0 saturated heterocycles. The first-order valence-corrected chi connectivity index (χ1v) is 7.72. The summed E-state index contributed by atoms with van der Waals surface area (Å²) >= 11 is 9.45. The van der Waals surface area contributed by atoms with Crippen LogP contribution in [-0.4, -0.2) is 6.54 Å². The van der Waals surface area contributed by atoms with Crippen molar-refractivity contribution in [2.75, 3.05) is 6.54 Å². The Bertz CT molecular complexity index is 588. The van der Waals surface area contributed by atoms with Gasteiger partial charge in [0.2, 0.25) is 0 Å². The van der Waals surface area contributed by atoms with Crippen molar-refractivity contribution in [1.29, 1.82) is 0 Å². The molecule has 0 aliphatic rings. The summed E-state index contributed by atoms with van der Waals surface area (Å²) in [5.41, 5.74) is 1.58. The molecule has 4 heteroatoms. The Morgan fingerprint density at radius 3 is 2.75 bits per heavy atom. The SMILES string of the molecule is CCCNC(c1cccc(Cl)c1)c1cc(Br)ccc1F. The smallest absolute Gasteiger partial charge is 0.128 e. The first-order chi connectivity index (χ1) is 9.61. The number of rotatable bonds is 5. The van der Waals surface area contributed by atoms with Gasteiger partial charge in [0.05, 0.1) is 6.04 Å². The van der Waals surface area contributed by atoms with Gasteiger partial charge in [-0.25, -0.2) is 4.39 Å². The summed E-state index contributed by atoms with van der Waals surface area (Å²) in [5.74, 6) is -0.221. The molecular weight excluding hydrogens is 341 g/mol. The van der Waals surface area contributed by atoms with E-state index in [1.165, 1.54) is 6.07 Å². The molecule has 1 unspecified atom stereocenters. The third-order valence-corrected chi connectivity index (χ3v) is 3.78. The van der Waals surface area contributed by atoms with Gasteiger partial charge in [0, 0.05) is 15.1 Å². The monoisotopic (exact) mass is 355 g/mol. The molecular formula is C16H16BrClFN. The largest absolute Gasteiger partial charge is 0.306 e. The maximum absolute atomic E-state index is 14.1. The van der Waals surface area contributed by atoms with Crippen molar-refractivity contribution in [2.24, 2.45) is 0 Å². The molecule has 2 aromatic rings. The molecule has 1 atom stereocenters. The number of halogens is 3. The first kappa shape index (κ1) is 15.5. The topological polar surface area (TPSA) is 12.0 Å². The predicted molar refractivity (Wildman–Crippen MR) is 85.7 cm³/mol. The lowest BCUT2D eigenvalue weighted by atomic mass is 9.98. The van der Waals surface area contributed by atoms with Crippen molar-refractivity contribution in [3.8, 4) is 0 Å². The summed E-state index contributed by atoms with van der Waals surface area (Å²) in [6, 6.07) is 12.3. The van der Waals surface area contributed by atoms with Crippen molar-refractivity contribution < 1.29 is 4.39 Å². The molecule has 0 aliphatic carbocycles. The Morgan fingerprint density at radius 1 is 1.25 bits per heavy atom. The number of benzene rings is 2. The molecule has 0 fully saturated rings. The third-order valence-electron chi connectivity index (χ3n) is 3.05. The fourth-order valence-corrected chi connectivity index (χ4v) is 2.70. The molecule has 2 aromatic carbocycles. The molecule has 0 amide bonds. The molecule has 106 valence electrons. The zero-order valence-electron chi connectivity index (χ0n) is 11.2. The second kappa shape index (κ2) is 7.21. The minimum absolute atomic E-state index is 0.203. The highest BCUT2D eigenvalue weighted by Crippen LogP contribution is 2.28. The molecule has 1 nitrogen and oxygen atoms in total. The van der Waals surface area contributed by atoms with Crippen LogP contribution >= 0.6 is 27.5 Å². The van der Waals surface area contributed by atoms with Crippen molar-refractivity contribution in [3.05, 3.63) is 68.9 Å². The van der Waals surface area contributed by atoms with E-state index in [1.807, 2.05) is 30.3 Å². The standard InChI is InChI=1S/C16H16BrClFN/c1-2-8-20-16(11-4-3-5-13(18)9-11)14-10-12(17)6-7-15(14)19/h3-7,9-10,16,20H,2,8H2,1H3. The first-order valence-electron chi connectivity index (χ1n) is 6.55. The lowest BCUT2D eigenvalue weighted by Crippen LogP contribution is -2.24. The lowest BCUT2D eigenvalue weighted by molar-refractivity contribution is 0.546. The molecule has 0 aromatic heterocycles. The van der Waals surface area contributed by atoms with Gasteiger partial charge in [-0.15, -0.1) is 0 Å². The molecule has 0 aliphatic heterocycles. The maximum atomic E-state index is 14.1. The second-order valence-electron chi connectivity index (χ2n) is 4.61. The number of nitrogens with one attached hydrogen (secondary N) is 1. The zero-order valence-corrected chi connectivity index (χ0v) is 13.5. The van der Waals surface area contributed by atoms with E-state index in [-0.39, 0.29) is 11.9 Å². The minimum atomic E-state index is -0.221. The summed E-state index contributed by atoms with van der Waals surface area (Å²) in [6.45, 7) is 2.89. The second-order valence-corrected chi connectivity index (χ2v) is 5.96. The quantitative estimate of drug-likeness (QED) is 0.763. The molecule has 0 bridgehead atoms. The van der Waals surface area contributed by atoms with Crippen LogP contribution in [0.15, 0.2) is 46.9 Å². The summed E-state index contributed by atoms with van der Waals surface area (Å²) in [5, 5.41) is 4.03. The van der Waals surface area contributed by atoms with Crippen LogP contribution in [0.2, 0.25) is 5.02 Å². The molecule has 0 saturated carbocycles. The highest BCUT2D eigenvalue weighted by Gasteiger charge is 2.17. The zero-order chi connectivity index (χ0) is 14.5. The van der Waals surface area contributed by atoms with E-state index in [2.05, 4.69) is 28.2 Å². The summed E-state index contributed by atoms with van der Waals surface area (Å²) in [4.78, 5) is 0. The van der Waals surface area contributed by atoms with E-state index in [4.69, 9.17) is 11.6 Å². The average Bonchev–Trinajstić information content (AvgIpc) is 2.43. The third kappa shape index (κ3) is 3.81. The van der Waals surface area contributed by atoms with E-state index < -0.39 is 0 Å². The van der Waals surface area contributed by atoms with Crippen LogP contribution in [0.3, 0.4) is 0 Å². The van der Waals surface area contributed by atoms with E-state index in [1.54, 1.807) is 6.07 Å². The van der Waals surface area contributed by atoms with Crippen molar-refractivity contribution >= 4 is 27.5 Å². The van der Waals surface area contributed by atoms with Gasteiger partial charge < -0.3 is 5.32 Å². The van der Waals surface area contributed by atoms with Gasteiger partial charge in [-0.2, -0.15) is 0 Å². The Balaban J connectivity index is 2.44. The van der Waals surface area contributed by atoms with Crippen LogP contribution in [0.25, 0.3) is 0 Å². The van der Waals surface area contributed by atoms with Gasteiger partial charge in [0.1, 0.15) is 5.82 Å². The molecule has 0 spiro atoms. The molecule has 1 N–H and O–H groups in total. The Kier molecular flexibility index (Phi) is 5.58. The Hall–Kier alpha value is -0.900. The van der Waals surface area contributed by atoms with Crippen LogP contribution in [0.4, 0.5) is 4.39 Å². The molecule has 0 heterocycles. The predicted octanol–water partition coefficient (Wildman–Crippen LogP) is 5.33. The fourth-order valence-electron chi connectivity index (χ4n) is 2.12. The van der Waals surface area contributed by atoms with Gasteiger partial charge in [-0.3, -0.25) is 0 Å². The molecule has 0 radical (unpaired) electrons. The Morgan fingerprint density at radius 2 is 2.05 bits per heavy atom. The van der Waals surface area contributed by atoms with Gasteiger partial charge in [0.15, 0.2) is 0 Å². The number of hydrogen-bond donors (Lipinski definition) is 1. The van der Waals surface area contributed by atoms with Gasteiger partial charge >= 0.3 is 0 Å². The van der Waals surface area contributed by atoms with Crippen LogP contribution < -0.4 is 5.32 Å². The van der Waals surface area contributed by atoms with Crippen LogP contribution in [-0.2, 0) is 0 Å². The lowest BCUT2D eigenvalue weighted by Gasteiger charge is -2.20.